The van der Waals surface area contributed by atoms with Crippen LogP contribution in [0.2, 0.25) is 5.02 Å². The van der Waals surface area contributed by atoms with Gasteiger partial charge in [-0.15, -0.1) is 0 Å². The Bertz CT molecular complexity index is 422. The molecule has 1 aromatic rings. The molecular formula is C14H21ClN2O2. The maximum Gasteiger partial charge on any atom is 0.224 e. The zero-order chi connectivity index (χ0) is 14.3. The van der Waals surface area contributed by atoms with Gasteiger partial charge in [-0.25, -0.2) is 0 Å². The maximum atomic E-state index is 11.6. The Labute approximate surface area is 119 Å². The van der Waals surface area contributed by atoms with E-state index in [-0.39, 0.29) is 11.9 Å². The first-order chi connectivity index (χ1) is 9.02. The lowest BCUT2D eigenvalue weighted by Gasteiger charge is -2.10. The summed E-state index contributed by atoms with van der Waals surface area (Å²) < 4.78 is 5.46. The number of carbonyl (C=O) groups excluding carboxylic acids is 1. The Morgan fingerprint density at radius 3 is 2.84 bits per heavy atom. The third kappa shape index (κ3) is 5.94. The summed E-state index contributed by atoms with van der Waals surface area (Å²) in [5.41, 5.74) is 6.28. The molecule has 0 saturated carbocycles. The molecule has 4 nitrogen and oxygen atoms in total. The van der Waals surface area contributed by atoms with Crippen LogP contribution in [0.3, 0.4) is 0 Å². The van der Waals surface area contributed by atoms with Crippen LogP contribution in [-0.2, 0) is 4.79 Å². The van der Waals surface area contributed by atoms with Crippen LogP contribution in [0.25, 0.3) is 0 Å². The molecule has 1 aromatic carbocycles. The minimum absolute atomic E-state index is 0.0270. The second kappa shape index (κ2) is 8.02. The molecule has 1 unspecified atom stereocenters. The fourth-order valence-corrected chi connectivity index (χ4v) is 1.73. The highest BCUT2D eigenvalue weighted by Crippen LogP contribution is 2.27. The van der Waals surface area contributed by atoms with Crippen molar-refractivity contribution in [2.45, 2.75) is 39.2 Å². The van der Waals surface area contributed by atoms with E-state index in [2.05, 4.69) is 5.32 Å². The Kier molecular flexibility index (Phi) is 6.67. The van der Waals surface area contributed by atoms with Crippen molar-refractivity contribution in [3.8, 4) is 5.75 Å². The van der Waals surface area contributed by atoms with Gasteiger partial charge < -0.3 is 15.8 Å². The van der Waals surface area contributed by atoms with Gasteiger partial charge in [-0.1, -0.05) is 18.5 Å². The minimum atomic E-state index is -0.0596. The first-order valence-electron chi connectivity index (χ1n) is 6.50. The SMILES string of the molecule is CCCOc1ccc(NC(=O)CCC(C)N)cc1Cl. The monoisotopic (exact) mass is 284 g/mol. The van der Waals surface area contributed by atoms with Gasteiger partial charge in [0, 0.05) is 18.2 Å². The van der Waals surface area contributed by atoms with Crippen molar-refractivity contribution in [3.05, 3.63) is 23.2 Å². The second-order valence-corrected chi connectivity index (χ2v) is 4.96. The third-order valence-corrected chi connectivity index (χ3v) is 2.80. The van der Waals surface area contributed by atoms with Gasteiger partial charge in [0.15, 0.2) is 0 Å². The normalized spacial score (nSPS) is 12.0. The summed E-state index contributed by atoms with van der Waals surface area (Å²) in [6.07, 6.45) is 1.99. The molecule has 1 amide bonds. The second-order valence-electron chi connectivity index (χ2n) is 4.56. The predicted molar refractivity (Wildman–Crippen MR) is 78.8 cm³/mol. The number of nitrogens with one attached hydrogen (secondary N) is 1. The molecule has 19 heavy (non-hydrogen) atoms. The van der Waals surface area contributed by atoms with Crippen molar-refractivity contribution in [2.24, 2.45) is 5.73 Å². The summed E-state index contributed by atoms with van der Waals surface area (Å²) in [7, 11) is 0. The fourth-order valence-electron chi connectivity index (χ4n) is 1.49. The Hall–Kier alpha value is -1.26. The van der Waals surface area contributed by atoms with Gasteiger partial charge in [-0.05, 0) is 38.0 Å². The zero-order valence-electron chi connectivity index (χ0n) is 11.4. The third-order valence-electron chi connectivity index (χ3n) is 2.50. The van der Waals surface area contributed by atoms with Crippen molar-refractivity contribution in [1.29, 1.82) is 0 Å². The number of amides is 1. The standard InChI is InChI=1S/C14H21ClN2O2/c1-3-8-19-13-6-5-11(9-12(13)15)17-14(18)7-4-10(2)16/h5-6,9-10H,3-4,7-8,16H2,1-2H3,(H,17,18). The van der Waals surface area contributed by atoms with Crippen molar-refractivity contribution >= 4 is 23.2 Å². The number of hydrogen-bond acceptors (Lipinski definition) is 3. The quantitative estimate of drug-likeness (QED) is 0.808. The highest BCUT2D eigenvalue weighted by atomic mass is 35.5. The van der Waals surface area contributed by atoms with Crippen LogP contribution < -0.4 is 15.8 Å². The Morgan fingerprint density at radius 1 is 1.53 bits per heavy atom. The molecule has 0 fully saturated rings. The number of halogens is 1. The molecule has 1 atom stereocenters. The van der Waals surface area contributed by atoms with E-state index in [1.165, 1.54) is 0 Å². The fraction of sp³-hybridized carbons (Fsp3) is 0.500. The highest BCUT2D eigenvalue weighted by Gasteiger charge is 2.07. The van der Waals surface area contributed by atoms with Crippen molar-refractivity contribution in [1.82, 2.24) is 0 Å². The van der Waals surface area contributed by atoms with Crippen LogP contribution in [0.5, 0.6) is 5.75 Å². The molecule has 0 spiro atoms. The largest absolute Gasteiger partial charge is 0.492 e. The Balaban J connectivity index is 2.55. The van der Waals surface area contributed by atoms with Crippen LogP contribution in [0.15, 0.2) is 18.2 Å². The molecule has 1 rings (SSSR count). The molecule has 0 aliphatic heterocycles. The molecule has 3 N–H and O–H groups in total. The lowest BCUT2D eigenvalue weighted by atomic mass is 10.2. The molecule has 0 bridgehead atoms. The molecule has 106 valence electrons. The molecule has 0 aromatic heterocycles. The summed E-state index contributed by atoms with van der Waals surface area (Å²) in [6.45, 7) is 4.53. The number of hydrogen-bond donors (Lipinski definition) is 2. The maximum absolute atomic E-state index is 11.6. The van der Waals surface area contributed by atoms with Gasteiger partial charge >= 0.3 is 0 Å². The van der Waals surface area contributed by atoms with Crippen LogP contribution in [0.4, 0.5) is 5.69 Å². The van der Waals surface area contributed by atoms with E-state index in [4.69, 9.17) is 22.1 Å². The first kappa shape index (κ1) is 15.8. The van der Waals surface area contributed by atoms with Gasteiger partial charge in [0.2, 0.25) is 5.91 Å². The van der Waals surface area contributed by atoms with E-state index in [1.807, 2.05) is 13.8 Å². The topological polar surface area (TPSA) is 64.3 Å². The number of rotatable bonds is 7. The van der Waals surface area contributed by atoms with Gasteiger partial charge in [0.1, 0.15) is 5.75 Å². The summed E-state index contributed by atoms with van der Waals surface area (Å²) in [6, 6.07) is 5.26. The molecule has 0 heterocycles. The van der Waals surface area contributed by atoms with E-state index in [0.717, 1.165) is 6.42 Å². The lowest BCUT2D eigenvalue weighted by molar-refractivity contribution is -0.116. The average molecular weight is 285 g/mol. The zero-order valence-corrected chi connectivity index (χ0v) is 12.2. The number of carbonyl (C=O) groups is 1. The van der Waals surface area contributed by atoms with E-state index >= 15 is 0 Å². The summed E-state index contributed by atoms with van der Waals surface area (Å²) in [5.74, 6) is 0.577. The molecular weight excluding hydrogens is 264 g/mol. The van der Waals surface area contributed by atoms with Crippen LogP contribution in [0.1, 0.15) is 33.1 Å². The highest BCUT2D eigenvalue weighted by molar-refractivity contribution is 6.32. The van der Waals surface area contributed by atoms with Crippen LogP contribution in [-0.4, -0.2) is 18.6 Å². The smallest absolute Gasteiger partial charge is 0.224 e. The van der Waals surface area contributed by atoms with Crippen molar-refractivity contribution < 1.29 is 9.53 Å². The van der Waals surface area contributed by atoms with Gasteiger partial charge in [0.05, 0.1) is 11.6 Å². The molecule has 0 aliphatic carbocycles. The predicted octanol–water partition coefficient (Wildman–Crippen LogP) is 3.19. The van der Waals surface area contributed by atoms with Crippen molar-refractivity contribution in [3.63, 3.8) is 0 Å². The Morgan fingerprint density at radius 2 is 2.26 bits per heavy atom. The van der Waals surface area contributed by atoms with Crippen LogP contribution >= 0.6 is 11.6 Å². The minimum Gasteiger partial charge on any atom is -0.492 e. The lowest BCUT2D eigenvalue weighted by Crippen LogP contribution is -2.19. The first-order valence-corrected chi connectivity index (χ1v) is 6.88. The number of nitrogens with two attached hydrogens (primary N) is 1. The van der Waals surface area contributed by atoms with E-state index in [0.29, 0.717) is 35.9 Å². The molecule has 5 heteroatoms. The summed E-state index contributed by atoms with van der Waals surface area (Å²) in [5, 5.41) is 3.29. The van der Waals surface area contributed by atoms with Gasteiger partial charge in [-0.3, -0.25) is 4.79 Å². The number of ether oxygens (including phenoxy) is 1. The average Bonchev–Trinajstić information content (AvgIpc) is 2.35. The van der Waals surface area contributed by atoms with Crippen LogP contribution in [0, 0.1) is 0 Å². The van der Waals surface area contributed by atoms with E-state index in [9.17, 15) is 4.79 Å². The van der Waals surface area contributed by atoms with Gasteiger partial charge in [0.25, 0.3) is 0 Å². The number of anilines is 1. The molecule has 0 aliphatic rings. The van der Waals surface area contributed by atoms with Gasteiger partial charge in [-0.2, -0.15) is 0 Å². The van der Waals surface area contributed by atoms with Crippen molar-refractivity contribution in [2.75, 3.05) is 11.9 Å². The summed E-state index contributed by atoms with van der Waals surface area (Å²) >= 11 is 6.08. The van der Waals surface area contributed by atoms with E-state index in [1.54, 1.807) is 18.2 Å². The molecule has 0 radical (unpaired) electrons. The number of benzene rings is 1. The van der Waals surface area contributed by atoms with E-state index < -0.39 is 0 Å². The molecule has 0 saturated heterocycles. The summed E-state index contributed by atoms with van der Waals surface area (Å²) in [4.78, 5) is 11.6.